The van der Waals surface area contributed by atoms with Gasteiger partial charge in [-0.05, 0) is 24.1 Å². The van der Waals surface area contributed by atoms with Gasteiger partial charge in [-0.15, -0.1) is 0 Å². The number of aromatic nitrogens is 1. The smallest absolute Gasteiger partial charge is 0.224 e. The molecule has 1 N–H and O–H groups in total. The predicted molar refractivity (Wildman–Crippen MR) is 93.1 cm³/mol. The highest BCUT2D eigenvalue weighted by atomic mass is 16.1. The van der Waals surface area contributed by atoms with Crippen LogP contribution < -0.4 is 5.32 Å². The van der Waals surface area contributed by atoms with Crippen LogP contribution in [0.4, 0.5) is 5.69 Å². The lowest BCUT2D eigenvalue weighted by atomic mass is 10.1. The summed E-state index contributed by atoms with van der Waals surface area (Å²) in [4.78, 5) is 16.4. The first-order valence-corrected chi connectivity index (χ1v) is 7.66. The molecular formula is C20H18N2O. The van der Waals surface area contributed by atoms with Crippen LogP contribution in [0.1, 0.15) is 12.0 Å². The summed E-state index contributed by atoms with van der Waals surface area (Å²) in [5, 5.41) is 2.89. The van der Waals surface area contributed by atoms with Crippen LogP contribution >= 0.6 is 0 Å². The van der Waals surface area contributed by atoms with E-state index in [2.05, 4.69) is 10.3 Å². The topological polar surface area (TPSA) is 42.0 Å². The fourth-order valence-corrected chi connectivity index (χ4v) is 2.37. The predicted octanol–water partition coefficient (Wildman–Crippen LogP) is 4.32. The van der Waals surface area contributed by atoms with Crippen molar-refractivity contribution in [3.8, 4) is 11.3 Å². The number of rotatable bonds is 5. The van der Waals surface area contributed by atoms with Gasteiger partial charge in [-0.1, -0.05) is 60.7 Å². The van der Waals surface area contributed by atoms with E-state index in [0.717, 1.165) is 23.4 Å². The summed E-state index contributed by atoms with van der Waals surface area (Å²) in [5.74, 6) is 0.00288. The highest BCUT2D eigenvalue weighted by Gasteiger charge is 2.04. The van der Waals surface area contributed by atoms with Crippen molar-refractivity contribution in [2.24, 2.45) is 0 Å². The molecule has 1 aromatic heterocycles. The first-order valence-electron chi connectivity index (χ1n) is 7.66. The normalized spacial score (nSPS) is 10.3. The lowest BCUT2D eigenvalue weighted by Crippen LogP contribution is -2.12. The minimum absolute atomic E-state index is 0.00288. The molecule has 0 aliphatic carbocycles. The Balaban J connectivity index is 1.57. The number of amides is 1. The van der Waals surface area contributed by atoms with E-state index in [1.165, 1.54) is 5.56 Å². The molecule has 3 aromatic rings. The minimum atomic E-state index is 0.00288. The van der Waals surface area contributed by atoms with E-state index in [1.807, 2.05) is 72.8 Å². The summed E-state index contributed by atoms with van der Waals surface area (Å²) in [6, 6.07) is 23.8. The summed E-state index contributed by atoms with van der Waals surface area (Å²) in [6.07, 6.45) is 2.90. The van der Waals surface area contributed by atoms with Gasteiger partial charge in [-0.25, -0.2) is 0 Å². The molecule has 23 heavy (non-hydrogen) atoms. The Hall–Kier alpha value is -2.94. The third-order valence-electron chi connectivity index (χ3n) is 3.60. The van der Waals surface area contributed by atoms with E-state index in [0.29, 0.717) is 6.42 Å². The molecule has 0 saturated heterocycles. The Morgan fingerprint density at radius 3 is 2.22 bits per heavy atom. The van der Waals surface area contributed by atoms with E-state index in [-0.39, 0.29) is 5.91 Å². The monoisotopic (exact) mass is 302 g/mol. The molecule has 3 heteroatoms. The summed E-state index contributed by atoms with van der Waals surface area (Å²) >= 11 is 0. The van der Waals surface area contributed by atoms with E-state index >= 15 is 0 Å². The first kappa shape index (κ1) is 15.0. The van der Waals surface area contributed by atoms with Crippen molar-refractivity contribution in [3.05, 3.63) is 84.6 Å². The van der Waals surface area contributed by atoms with Crippen molar-refractivity contribution in [1.82, 2.24) is 4.98 Å². The third kappa shape index (κ3) is 4.27. The van der Waals surface area contributed by atoms with Gasteiger partial charge in [0.15, 0.2) is 0 Å². The van der Waals surface area contributed by atoms with Crippen molar-refractivity contribution in [2.75, 3.05) is 5.32 Å². The second-order valence-electron chi connectivity index (χ2n) is 5.33. The van der Waals surface area contributed by atoms with Crippen LogP contribution in [-0.2, 0) is 11.2 Å². The summed E-state index contributed by atoms with van der Waals surface area (Å²) in [5.41, 5.74) is 3.85. The highest BCUT2D eigenvalue weighted by molar-refractivity contribution is 5.90. The SMILES string of the molecule is O=C(CCc1ccccc1)Nc1ccc(-c2ccccc2)nc1. The number of pyridine rings is 1. The molecule has 0 saturated carbocycles. The number of hydrogen-bond acceptors (Lipinski definition) is 2. The largest absolute Gasteiger partial charge is 0.325 e. The number of anilines is 1. The Labute approximate surface area is 136 Å². The first-order chi connectivity index (χ1) is 11.3. The second-order valence-corrected chi connectivity index (χ2v) is 5.33. The Morgan fingerprint density at radius 1 is 0.870 bits per heavy atom. The summed E-state index contributed by atoms with van der Waals surface area (Å²) in [7, 11) is 0. The molecule has 0 fully saturated rings. The molecule has 114 valence electrons. The maximum atomic E-state index is 12.0. The molecule has 0 aliphatic rings. The van der Waals surface area contributed by atoms with E-state index < -0.39 is 0 Å². The number of carbonyl (C=O) groups excluding carboxylic acids is 1. The zero-order valence-corrected chi connectivity index (χ0v) is 12.8. The molecule has 0 unspecified atom stereocenters. The van der Waals surface area contributed by atoms with Gasteiger partial charge in [0.25, 0.3) is 0 Å². The molecule has 1 heterocycles. The average molecular weight is 302 g/mol. The van der Waals surface area contributed by atoms with Crippen LogP contribution in [0.5, 0.6) is 0 Å². The molecule has 2 aromatic carbocycles. The van der Waals surface area contributed by atoms with E-state index in [1.54, 1.807) is 6.20 Å². The van der Waals surface area contributed by atoms with Crippen molar-refractivity contribution in [2.45, 2.75) is 12.8 Å². The van der Waals surface area contributed by atoms with Crippen LogP contribution in [0.15, 0.2) is 79.0 Å². The lowest BCUT2D eigenvalue weighted by Gasteiger charge is -2.06. The highest BCUT2D eigenvalue weighted by Crippen LogP contribution is 2.18. The van der Waals surface area contributed by atoms with Crippen LogP contribution in [0, 0.1) is 0 Å². The number of nitrogens with zero attached hydrogens (tertiary/aromatic N) is 1. The van der Waals surface area contributed by atoms with Crippen LogP contribution in [0.3, 0.4) is 0 Å². The van der Waals surface area contributed by atoms with Gasteiger partial charge < -0.3 is 5.32 Å². The van der Waals surface area contributed by atoms with Gasteiger partial charge in [0.05, 0.1) is 17.6 Å². The third-order valence-corrected chi connectivity index (χ3v) is 3.60. The average Bonchev–Trinajstić information content (AvgIpc) is 2.62. The Morgan fingerprint density at radius 2 is 1.57 bits per heavy atom. The molecule has 0 bridgehead atoms. The molecule has 3 nitrogen and oxygen atoms in total. The number of nitrogens with one attached hydrogen (secondary N) is 1. The fraction of sp³-hybridized carbons (Fsp3) is 0.100. The number of hydrogen-bond donors (Lipinski definition) is 1. The van der Waals surface area contributed by atoms with Crippen molar-refractivity contribution >= 4 is 11.6 Å². The zero-order valence-electron chi connectivity index (χ0n) is 12.8. The zero-order chi connectivity index (χ0) is 15.9. The molecule has 0 aliphatic heterocycles. The van der Waals surface area contributed by atoms with Gasteiger partial charge in [-0.3, -0.25) is 9.78 Å². The van der Waals surface area contributed by atoms with Gasteiger partial charge in [-0.2, -0.15) is 0 Å². The van der Waals surface area contributed by atoms with Gasteiger partial charge in [0.2, 0.25) is 5.91 Å². The fourth-order valence-electron chi connectivity index (χ4n) is 2.37. The van der Waals surface area contributed by atoms with Gasteiger partial charge in [0, 0.05) is 12.0 Å². The lowest BCUT2D eigenvalue weighted by molar-refractivity contribution is -0.116. The van der Waals surface area contributed by atoms with Crippen molar-refractivity contribution < 1.29 is 4.79 Å². The standard InChI is InChI=1S/C20H18N2O/c23-20(14-11-16-7-3-1-4-8-16)22-18-12-13-19(21-15-18)17-9-5-2-6-10-17/h1-10,12-13,15H,11,14H2,(H,22,23). The summed E-state index contributed by atoms with van der Waals surface area (Å²) in [6.45, 7) is 0. The molecule has 0 atom stereocenters. The Bertz CT molecular complexity index is 753. The minimum Gasteiger partial charge on any atom is -0.325 e. The number of carbonyl (C=O) groups is 1. The summed E-state index contributed by atoms with van der Waals surface area (Å²) < 4.78 is 0. The number of benzene rings is 2. The second kappa shape index (κ2) is 7.36. The van der Waals surface area contributed by atoms with E-state index in [4.69, 9.17) is 0 Å². The van der Waals surface area contributed by atoms with Crippen molar-refractivity contribution in [1.29, 1.82) is 0 Å². The molecule has 3 rings (SSSR count). The van der Waals surface area contributed by atoms with E-state index in [9.17, 15) is 4.79 Å². The molecule has 0 spiro atoms. The maximum absolute atomic E-state index is 12.0. The molecule has 1 amide bonds. The van der Waals surface area contributed by atoms with Crippen LogP contribution in [0.2, 0.25) is 0 Å². The molecular weight excluding hydrogens is 284 g/mol. The van der Waals surface area contributed by atoms with Gasteiger partial charge in [0.1, 0.15) is 0 Å². The van der Waals surface area contributed by atoms with Crippen LogP contribution in [0.25, 0.3) is 11.3 Å². The Kier molecular flexibility index (Phi) is 4.79. The molecule has 0 radical (unpaired) electrons. The van der Waals surface area contributed by atoms with Crippen LogP contribution in [-0.4, -0.2) is 10.9 Å². The van der Waals surface area contributed by atoms with Crippen molar-refractivity contribution in [3.63, 3.8) is 0 Å². The quantitative estimate of drug-likeness (QED) is 0.762. The maximum Gasteiger partial charge on any atom is 0.224 e. The van der Waals surface area contributed by atoms with Gasteiger partial charge >= 0.3 is 0 Å². The number of aryl methyl sites for hydroxylation is 1.